The van der Waals surface area contributed by atoms with Crippen molar-refractivity contribution in [1.82, 2.24) is 14.8 Å². The van der Waals surface area contributed by atoms with E-state index in [1.165, 1.54) is 5.56 Å². The standard InChI is InChI=1S/C18H28N4O2/c1-20(2)17-12-15(5-6-19-17)16-4-3-7-22(13-16)18(23)14-21-8-10-24-11-9-21/h5-6,12,16H,3-4,7-11,13-14H2,1-2H3/t16-/m1/s1. The summed E-state index contributed by atoms with van der Waals surface area (Å²) in [5, 5.41) is 0. The monoisotopic (exact) mass is 332 g/mol. The molecular weight excluding hydrogens is 304 g/mol. The number of hydrogen-bond donors (Lipinski definition) is 0. The van der Waals surface area contributed by atoms with E-state index < -0.39 is 0 Å². The van der Waals surface area contributed by atoms with E-state index in [-0.39, 0.29) is 5.91 Å². The van der Waals surface area contributed by atoms with Crippen LogP contribution in [0, 0.1) is 0 Å². The summed E-state index contributed by atoms with van der Waals surface area (Å²) in [6.45, 7) is 5.42. The highest BCUT2D eigenvalue weighted by Gasteiger charge is 2.26. The third-order valence-electron chi connectivity index (χ3n) is 4.94. The van der Waals surface area contributed by atoms with Crippen LogP contribution in [0.25, 0.3) is 0 Å². The number of likely N-dealkylation sites (tertiary alicyclic amines) is 1. The Balaban J connectivity index is 1.61. The van der Waals surface area contributed by atoms with Crippen molar-refractivity contribution in [3.8, 4) is 0 Å². The average molecular weight is 332 g/mol. The minimum Gasteiger partial charge on any atom is -0.379 e. The maximum atomic E-state index is 12.6. The van der Waals surface area contributed by atoms with Gasteiger partial charge in [-0.05, 0) is 30.5 Å². The molecule has 0 aromatic carbocycles. The summed E-state index contributed by atoms with van der Waals surface area (Å²) in [6, 6.07) is 4.24. The van der Waals surface area contributed by atoms with Crippen molar-refractivity contribution in [2.75, 3.05) is 64.9 Å². The van der Waals surface area contributed by atoms with Crippen LogP contribution < -0.4 is 4.90 Å². The summed E-state index contributed by atoms with van der Waals surface area (Å²) >= 11 is 0. The number of carbonyl (C=O) groups excluding carboxylic acids is 1. The maximum absolute atomic E-state index is 12.6. The molecule has 3 rings (SSSR count). The zero-order chi connectivity index (χ0) is 16.9. The van der Waals surface area contributed by atoms with Crippen LogP contribution in [-0.2, 0) is 9.53 Å². The number of morpholine rings is 1. The van der Waals surface area contributed by atoms with Crippen molar-refractivity contribution in [1.29, 1.82) is 0 Å². The van der Waals surface area contributed by atoms with Gasteiger partial charge in [-0.1, -0.05) is 0 Å². The molecule has 1 aromatic rings. The fraction of sp³-hybridized carbons (Fsp3) is 0.667. The Hall–Kier alpha value is -1.66. The molecule has 2 fully saturated rings. The molecule has 1 atom stereocenters. The highest BCUT2D eigenvalue weighted by Crippen LogP contribution is 2.28. The molecular formula is C18H28N4O2. The van der Waals surface area contributed by atoms with Gasteiger partial charge in [0.05, 0.1) is 19.8 Å². The molecule has 0 unspecified atom stereocenters. The van der Waals surface area contributed by atoms with Crippen LogP contribution in [0.3, 0.4) is 0 Å². The topological polar surface area (TPSA) is 48.9 Å². The number of aromatic nitrogens is 1. The van der Waals surface area contributed by atoms with Crippen LogP contribution in [0.5, 0.6) is 0 Å². The molecule has 0 bridgehead atoms. The van der Waals surface area contributed by atoms with Crippen molar-refractivity contribution in [3.63, 3.8) is 0 Å². The second-order valence-electron chi connectivity index (χ2n) is 6.91. The van der Waals surface area contributed by atoms with E-state index in [1.54, 1.807) is 0 Å². The number of amides is 1. The summed E-state index contributed by atoms with van der Waals surface area (Å²) in [5.41, 5.74) is 1.29. The highest BCUT2D eigenvalue weighted by atomic mass is 16.5. The number of nitrogens with zero attached hydrogens (tertiary/aromatic N) is 4. The lowest BCUT2D eigenvalue weighted by atomic mass is 9.91. The van der Waals surface area contributed by atoms with Gasteiger partial charge in [-0.3, -0.25) is 9.69 Å². The number of piperidine rings is 1. The highest BCUT2D eigenvalue weighted by molar-refractivity contribution is 5.78. The second-order valence-corrected chi connectivity index (χ2v) is 6.91. The van der Waals surface area contributed by atoms with Crippen LogP contribution in [0.1, 0.15) is 24.3 Å². The Morgan fingerprint density at radius 1 is 1.33 bits per heavy atom. The third kappa shape index (κ3) is 4.24. The summed E-state index contributed by atoms with van der Waals surface area (Å²) in [7, 11) is 4.01. The first kappa shape index (κ1) is 17.2. The number of anilines is 1. The van der Waals surface area contributed by atoms with Gasteiger partial charge in [0.1, 0.15) is 5.82 Å². The van der Waals surface area contributed by atoms with Gasteiger partial charge < -0.3 is 14.5 Å². The Bertz CT molecular complexity index is 558. The zero-order valence-electron chi connectivity index (χ0n) is 14.8. The van der Waals surface area contributed by atoms with Gasteiger partial charge in [0.15, 0.2) is 0 Å². The third-order valence-corrected chi connectivity index (χ3v) is 4.94. The Labute approximate surface area is 144 Å². The summed E-state index contributed by atoms with van der Waals surface area (Å²) in [4.78, 5) is 23.3. The molecule has 3 heterocycles. The summed E-state index contributed by atoms with van der Waals surface area (Å²) < 4.78 is 5.36. The quantitative estimate of drug-likeness (QED) is 0.829. The predicted octanol–water partition coefficient (Wildman–Crippen LogP) is 1.19. The molecule has 0 N–H and O–H groups in total. The number of pyridine rings is 1. The van der Waals surface area contributed by atoms with Crippen LogP contribution in [0.15, 0.2) is 18.3 Å². The number of ether oxygens (including phenoxy) is 1. The van der Waals surface area contributed by atoms with E-state index in [0.29, 0.717) is 12.5 Å². The van der Waals surface area contributed by atoms with Gasteiger partial charge >= 0.3 is 0 Å². The lowest BCUT2D eigenvalue weighted by Gasteiger charge is -2.35. The van der Waals surface area contributed by atoms with E-state index in [1.807, 2.05) is 30.1 Å². The second kappa shape index (κ2) is 7.94. The summed E-state index contributed by atoms with van der Waals surface area (Å²) in [6.07, 6.45) is 4.08. The van der Waals surface area contributed by atoms with Crippen LogP contribution in [0.2, 0.25) is 0 Å². The molecule has 0 saturated carbocycles. The Morgan fingerprint density at radius 2 is 2.12 bits per heavy atom. The van der Waals surface area contributed by atoms with Crippen LogP contribution in [0.4, 0.5) is 5.82 Å². The SMILES string of the molecule is CN(C)c1cc([C@@H]2CCCN(C(=O)CN3CCOCC3)C2)ccn1. The first-order chi connectivity index (χ1) is 11.6. The molecule has 0 aliphatic carbocycles. The van der Waals surface area contributed by atoms with Crippen molar-refractivity contribution in [2.24, 2.45) is 0 Å². The van der Waals surface area contributed by atoms with Gasteiger partial charge in [0, 0.05) is 52.4 Å². The fourth-order valence-corrected chi connectivity index (χ4v) is 3.46. The smallest absolute Gasteiger partial charge is 0.236 e. The van der Waals surface area contributed by atoms with E-state index in [2.05, 4.69) is 22.0 Å². The molecule has 2 aliphatic rings. The van der Waals surface area contributed by atoms with E-state index in [0.717, 1.165) is 58.1 Å². The van der Waals surface area contributed by atoms with Crippen molar-refractivity contribution in [3.05, 3.63) is 23.9 Å². The van der Waals surface area contributed by atoms with Gasteiger partial charge in [0.2, 0.25) is 5.91 Å². The molecule has 132 valence electrons. The predicted molar refractivity (Wildman–Crippen MR) is 94.4 cm³/mol. The molecule has 0 radical (unpaired) electrons. The van der Waals surface area contributed by atoms with Gasteiger partial charge in [-0.15, -0.1) is 0 Å². The number of rotatable bonds is 4. The molecule has 24 heavy (non-hydrogen) atoms. The summed E-state index contributed by atoms with van der Waals surface area (Å²) in [5.74, 6) is 1.64. The minimum absolute atomic E-state index is 0.253. The average Bonchev–Trinajstić information content (AvgIpc) is 2.63. The van der Waals surface area contributed by atoms with E-state index >= 15 is 0 Å². The van der Waals surface area contributed by atoms with Crippen LogP contribution >= 0.6 is 0 Å². The van der Waals surface area contributed by atoms with E-state index in [4.69, 9.17) is 4.74 Å². The Kier molecular flexibility index (Phi) is 5.68. The molecule has 6 heteroatoms. The lowest BCUT2D eigenvalue weighted by molar-refractivity contribution is -0.134. The lowest BCUT2D eigenvalue weighted by Crippen LogP contribution is -2.47. The minimum atomic E-state index is 0.253. The van der Waals surface area contributed by atoms with Crippen LogP contribution in [-0.4, -0.2) is 80.7 Å². The van der Waals surface area contributed by atoms with Crippen molar-refractivity contribution >= 4 is 11.7 Å². The van der Waals surface area contributed by atoms with Gasteiger partial charge in [-0.2, -0.15) is 0 Å². The molecule has 2 aliphatic heterocycles. The maximum Gasteiger partial charge on any atom is 0.236 e. The first-order valence-electron chi connectivity index (χ1n) is 8.84. The Morgan fingerprint density at radius 3 is 2.88 bits per heavy atom. The molecule has 0 spiro atoms. The first-order valence-corrected chi connectivity index (χ1v) is 8.84. The van der Waals surface area contributed by atoms with Gasteiger partial charge in [0.25, 0.3) is 0 Å². The molecule has 2 saturated heterocycles. The zero-order valence-corrected chi connectivity index (χ0v) is 14.8. The van der Waals surface area contributed by atoms with Gasteiger partial charge in [-0.25, -0.2) is 4.98 Å². The fourth-order valence-electron chi connectivity index (χ4n) is 3.46. The van der Waals surface area contributed by atoms with E-state index in [9.17, 15) is 4.79 Å². The molecule has 1 amide bonds. The molecule has 1 aromatic heterocycles. The van der Waals surface area contributed by atoms with Crippen molar-refractivity contribution in [2.45, 2.75) is 18.8 Å². The molecule has 6 nitrogen and oxygen atoms in total. The number of carbonyl (C=O) groups is 1. The normalized spacial score (nSPS) is 22.4. The number of hydrogen-bond acceptors (Lipinski definition) is 5. The van der Waals surface area contributed by atoms with Crippen molar-refractivity contribution < 1.29 is 9.53 Å². The largest absolute Gasteiger partial charge is 0.379 e.